The van der Waals surface area contributed by atoms with Crippen molar-refractivity contribution in [2.24, 2.45) is 0 Å². The summed E-state index contributed by atoms with van der Waals surface area (Å²) in [5, 5.41) is 4.03. The molecule has 0 spiro atoms. The molecule has 0 radical (unpaired) electrons. The molecular formula is C22H24N2O3S2. The van der Waals surface area contributed by atoms with Crippen LogP contribution in [0, 0.1) is 27.7 Å². The van der Waals surface area contributed by atoms with Crippen LogP contribution in [0.5, 0.6) is 0 Å². The molecule has 0 saturated heterocycles. The lowest BCUT2D eigenvalue weighted by Crippen LogP contribution is -2.35. The molecule has 7 heteroatoms. The van der Waals surface area contributed by atoms with E-state index in [9.17, 15) is 8.42 Å². The summed E-state index contributed by atoms with van der Waals surface area (Å²) in [6, 6.07) is 10.1. The second-order valence-corrected chi connectivity index (χ2v) is 10.7. The van der Waals surface area contributed by atoms with E-state index in [0.29, 0.717) is 35.7 Å². The number of hydrogen-bond donors (Lipinski definition) is 0. The Kier molecular flexibility index (Phi) is 5.23. The zero-order chi connectivity index (χ0) is 20.8. The average Bonchev–Trinajstić information content (AvgIpc) is 3.20. The highest BCUT2D eigenvalue weighted by molar-refractivity contribution is 7.89. The summed E-state index contributed by atoms with van der Waals surface area (Å²) in [5.74, 6) is 0.556. The molecule has 0 aliphatic carbocycles. The fourth-order valence-corrected chi connectivity index (χ4v) is 6.98. The molecule has 1 aliphatic heterocycles. The summed E-state index contributed by atoms with van der Waals surface area (Å²) >= 11 is 1.49. The van der Waals surface area contributed by atoms with Crippen molar-refractivity contribution < 1.29 is 12.9 Å². The van der Waals surface area contributed by atoms with Crippen LogP contribution in [0.2, 0.25) is 0 Å². The Morgan fingerprint density at radius 3 is 2.38 bits per heavy atom. The van der Waals surface area contributed by atoms with Crippen LogP contribution >= 0.6 is 11.3 Å². The molecule has 0 unspecified atom stereocenters. The van der Waals surface area contributed by atoms with Crippen molar-refractivity contribution in [1.82, 2.24) is 9.46 Å². The van der Waals surface area contributed by atoms with Gasteiger partial charge in [-0.1, -0.05) is 41.6 Å². The summed E-state index contributed by atoms with van der Waals surface area (Å²) in [6.45, 7) is 8.42. The van der Waals surface area contributed by atoms with Crippen molar-refractivity contribution in [2.75, 3.05) is 13.1 Å². The van der Waals surface area contributed by atoms with Gasteiger partial charge in [0, 0.05) is 28.4 Å². The van der Waals surface area contributed by atoms with E-state index < -0.39 is 10.0 Å². The number of hydrogen-bond acceptors (Lipinski definition) is 5. The monoisotopic (exact) mass is 428 g/mol. The highest BCUT2D eigenvalue weighted by Gasteiger charge is 2.34. The molecule has 0 atom stereocenters. The minimum absolute atomic E-state index is 0.357. The molecular weight excluding hydrogens is 404 g/mol. The molecule has 2 aromatic heterocycles. The van der Waals surface area contributed by atoms with Gasteiger partial charge >= 0.3 is 0 Å². The van der Waals surface area contributed by atoms with Crippen molar-refractivity contribution in [3.05, 3.63) is 63.0 Å². The molecule has 29 heavy (non-hydrogen) atoms. The van der Waals surface area contributed by atoms with Gasteiger partial charge in [-0.25, -0.2) is 8.42 Å². The Balaban J connectivity index is 1.72. The van der Waals surface area contributed by atoms with Crippen LogP contribution in [0.3, 0.4) is 0 Å². The summed E-state index contributed by atoms with van der Waals surface area (Å²) in [7, 11) is -3.65. The molecule has 1 aliphatic rings. The summed E-state index contributed by atoms with van der Waals surface area (Å²) in [5.41, 5.74) is 4.66. The van der Waals surface area contributed by atoms with E-state index >= 15 is 0 Å². The van der Waals surface area contributed by atoms with Gasteiger partial charge in [0.1, 0.15) is 4.90 Å². The minimum atomic E-state index is -3.65. The van der Waals surface area contributed by atoms with Crippen LogP contribution in [-0.2, 0) is 10.0 Å². The minimum Gasteiger partial charge on any atom is -0.356 e. The molecule has 0 bridgehead atoms. The second kappa shape index (κ2) is 7.55. The Bertz CT molecular complexity index is 1190. The quantitative estimate of drug-likeness (QED) is 0.579. The number of aryl methyl sites for hydroxylation is 3. The van der Waals surface area contributed by atoms with Gasteiger partial charge in [-0.05, 0) is 45.3 Å². The summed E-state index contributed by atoms with van der Waals surface area (Å²) in [4.78, 5) is 2.07. The van der Waals surface area contributed by atoms with Gasteiger partial charge in [0.05, 0.1) is 11.3 Å². The number of thiophene rings is 1. The van der Waals surface area contributed by atoms with Crippen molar-refractivity contribution in [2.45, 2.75) is 39.0 Å². The molecule has 0 amide bonds. The summed E-state index contributed by atoms with van der Waals surface area (Å²) in [6.07, 6.45) is 2.72. The zero-order valence-corrected chi connectivity index (χ0v) is 18.7. The van der Waals surface area contributed by atoms with Crippen molar-refractivity contribution in [1.29, 1.82) is 0 Å². The topological polar surface area (TPSA) is 63.4 Å². The van der Waals surface area contributed by atoms with Crippen molar-refractivity contribution in [3.8, 4) is 11.3 Å². The summed E-state index contributed by atoms with van der Waals surface area (Å²) < 4.78 is 34.3. The van der Waals surface area contributed by atoms with E-state index in [0.717, 1.165) is 26.6 Å². The molecule has 5 nitrogen and oxygen atoms in total. The molecule has 0 N–H and O–H groups in total. The van der Waals surface area contributed by atoms with Crippen LogP contribution < -0.4 is 0 Å². The van der Waals surface area contributed by atoms with E-state index in [1.165, 1.54) is 16.9 Å². The number of aromatic nitrogens is 1. The maximum absolute atomic E-state index is 13.6. The maximum Gasteiger partial charge on any atom is 0.245 e. The first-order valence-corrected chi connectivity index (χ1v) is 11.8. The Morgan fingerprint density at radius 1 is 1.07 bits per heavy atom. The lowest BCUT2D eigenvalue weighted by molar-refractivity contribution is 0.424. The van der Waals surface area contributed by atoms with Gasteiger partial charge in [-0.2, -0.15) is 4.31 Å². The zero-order valence-electron chi connectivity index (χ0n) is 17.0. The van der Waals surface area contributed by atoms with Gasteiger partial charge in [-0.15, -0.1) is 11.3 Å². The van der Waals surface area contributed by atoms with Gasteiger partial charge < -0.3 is 4.52 Å². The molecule has 3 heterocycles. The van der Waals surface area contributed by atoms with E-state index in [1.807, 2.05) is 52.0 Å². The van der Waals surface area contributed by atoms with Gasteiger partial charge in [0.25, 0.3) is 0 Å². The highest BCUT2D eigenvalue weighted by Crippen LogP contribution is 2.42. The van der Waals surface area contributed by atoms with Gasteiger partial charge in [-0.3, -0.25) is 0 Å². The smallest absolute Gasteiger partial charge is 0.245 e. The fraction of sp³-hybridized carbons (Fsp3) is 0.318. The lowest BCUT2D eigenvalue weighted by Gasteiger charge is -2.26. The molecule has 0 saturated carbocycles. The van der Waals surface area contributed by atoms with Crippen LogP contribution in [0.25, 0.3) is 16.9 Å². The third kappa shape index (κ3) is 3.47. The third-order valence-corrected chi connectivity index (χ3v) is 8.69. The van der Waals surface area contributed by atoms with Crippen LogP contribution in [0.4, 0.5) is 0 Å². The van der Waals surface area contributed by atoms with Crippen LogP contribution in [-0.4, -0.2) is 31.0 Å². The van der Waals surface area contributed by atoms with E-state index in [1.54, 1.807) is 4.31 Å². The molecule has 0 fully saturated rings. The standard InChI is InChI=1S/C22H24N2O3S2/c1-14-15(2)23-27-21(14)20-16(3)28-17(4)22(20)29(25,26)24-12-10-19(11-13-24)18-8-6-5-7-9-18/h5-10H,11-13H2,1-4H3. The first kappa shape index (κ1) is 20.1. The number of sulfonamides is 1. The predicted octanol–water partition coefficient (Wildman–Crippen LogP) is 5.11. The SMILES string of the molecule is Cc1noc(-c2c(C)sc(C)c2S(=O)(=O)N2CC=C(c3ccccc3)CC2)c1C. The third-order valence-electron chi connectivity index (χ3n) is 5.50. The average molecular weight is 429 g/mol. The number of rotatable bonds is 4. The van der Waals surface area contributed by atoms with Crippen LogP contribution in [0.1, 0.15) is 33.0 Å². The predicted molar refractivity (Wildman–Crippen MR) is 117 cm³/mol. The van der Waals surface area contributed by atoms with Gasteiger partial charge in [0.15, 0.2) is 5.76 Å². The lowest BCUT2D eigenvalue weighted by atomic mass is 10.0. The molecule has 4 rings (SSSR count). The second-order valence-electron chi connectivity index (χ2n) is 7.35. The van der Waals surface area contributed by atoms with E-state index in [-0.39, 0.29) is 0 Å². The molecule has 3 aromatic rings. The molecule has 152 valence electrons. The normalized spacial score (nSPS) is 15.5. The van der Waals surface area contributed by atoms with E-state index in [4.69, 9.17) is 4.52 Å². The number of benzene rings is 1. The van der Waals surface area contributed by atoms with Gasteiger partial charge in [0.2, 0.25) is 10.0 Å². The fourth-order valence-electron chi connectivity index (χ4n) is 3.80. The first-order valence-electron chi connectivity index (χ1n) is 9.58. The van der Waals surface area contributed by atoms with Crippen molar-refractivity contribution >= 4 is 26.9 Å². The first-order chi connectivity index (χ1) is 13.8. The Labute approximate surface area is 175 Å². The Morgan fingerprint density at radius 2 is 1.79 bits per heavy atom. The van der Waals surface area contributed by atoms with Crippen LogP contribution in [0.15, 0.2) is 45.8 Å². The van der Waals surface area contributed by atoms with Crippen molar-refractivity contribution in [3.63, 3.8) is 0 Å². The highest BCUT2D eigenvalue weighted by atomic mass is 32.2. The largest absolute Gasteiger partial charge is 0.356 e. The van der Waals surface area contributed by atoms with E-state index in [2.05, 4.69) is 17.3 Å². The molecule has 1 aromatic carbocycles. The number of nitrogens with zero attached hydrogens (tertiary/aromatic N) is 2. The maximum atomic E-state index is 13.6. The Hall–Kier alpha value is -2.22.